The van der Waals surface area contributed by atoms with Crippen LogP contribution in [0, 0.1) is 12.8 Å². The molecule has 29 heavy (non-hydrogen) atoms. The Balaban J connectivity index is 1.41. The fraction of sp³-hybridized carbons (Fsp3) is 0.227. The second-order valence-electron chi connectivity index (χ2n) is 7.00. The van der Waals surface area contributed by atoms with E-state index in [1.54, 1.807) is 12.0 Å². The van der Waals surface area contributed by atoms with Gasteiger partial charge in [-0.25, -0.2) is 4.98 Å². The van der Waals surface area contributed by atoms with Crippen LogP contribution in [0.3, 0.4) is 0 Å². The maximum atomic E-state index is 12.7. The lowest BCUT2D eigenvalue weighted by Gasteiger charge is -2.16. The molecule has 0 spiro atoms. The third-order valence-electron chi connectivity index (χ3n) is 4.96. The Hall–Kier alpha value is -3.19. The van der Waals surface area contributed by atoms with Gasteiger partial charge in [0.2, 0.25) is 11.8 Å². The van der Waals surface area contributed by atoms with E-state index in [4.69, 9.17) is 4.74 Å². The van der Waals surface area contributed by atoms with Crippen LogP contribution < -0.4 is 15.0 Å². The van der Waals surface area contributed by atoms with Crippen molar-refractivity contribution in [2.45, 2.75) is 13.3 Å². The highest BCUT2D eigenvalue weighted by atomic mass is 32.1. The summed E-state index contributed by atoms with van der Waals surface area (Å²) in [5.41, 5.74) is 3.69. The second-order valence-corrected chi connectivity index (χ2v) is 7.85. The molecule has 1 aromatic heterocycles. The predicted molar refractivity (Wildman–Crippen MR) is 114 cm³/mol. The number of carbonyl (C=O) groups is 2. The van der Waals surface area contributed by atoms with Crippen LogP contribution in [0.5, 0.6) is 5.75 Å². The summed E-state index contributed by atoms with van der Waals surface area (Å²) in [5, 5.41) is 5.29. The summed E-state index contributed by atoms with van der Waals surface area (Å²) in [5.74, 6) is 0.175. The van der Waals surface area contributed by atoms with Crippen LogP contribution in [-0.2, 0) is 9.59 Å². The minimum Gasteiger partial charge on any atom is -0.497 e. The van der Waals surface area contributed by atoms with Crippen molar-refractivity contribution in [2.24, 2.45) is 5.92 Å². The summed E-state index contributed by atoms with van der Waals surface area (Å²) in [6.45, 7) is 2.38. The number of methoxy groups -OCH3 is 1. The first-order valence-corrected chi connectivity index (χ1v) is 10.2. The normalized spacial score (nSPS) is 16.1. The summed E-state index contributed by atoms with van der Waals surface area (Å²) in [6.07, 6.45) is 0.205. The maximum Gasteiger partial charge on any atom is 0.231 e. The number of nitrogens with one attached hydrogen (secondary N) is 1. The number of thiazole rings is 1. The molecule has 2 amide bonds. The van der Waals surface area contributed by atoms with E-state index in [1.807, 2.05) is 60.8 Å². The van der Waals surface area contributed by atoms with E-state index >= 15 is 0 Å². The number of aromatic nitrogens is 1. The van der Waals surface area contributed by atoms with Gasteiger partial charge in [-0.1, -0.05) is 17.7 Å². The number of amides is 2. The van der Waals surface area contributed by atoms with Crippen molar-refractivity contribution in [1.29, 1.82) is 0 Å². The van der Waals surface area contributed by atoms with Gasteiger partial charge in [-0.05, 0) is 43.3 Å². The van der Waals surface area contributed by atoms with E-state index in [0.29, 0.717) is 11.7 Å². The number of aryl methyl sites for hydroxylation is 1. The topological polar surface area (TPSA) is 71.5 Å². The zero-order chi connectivity index (χ0) is 20.4. The van der Waals surface area contributed by atoms with Crippen molar-refractivity contribution in [3.05, 3.63) is 59.5 Å². The van der Waals surface area contributed by atoms with Gasteiger partial charge in [0.15, 0.2) is 5.13 Å². The lowest BCUT2D eigenvalue weighted by Crippen LogP contribution is -2.28. The number of ether oxygens (including phenoxy) is 1. The van der Waals surface area contributed by atoms with Gasteiger partial charge in [0, 0.05) is 29.6 Å². The standard InChI is InChI=1S/C22H21N3O3S/c1-14-3-7-17(8-4-14)25-12-16(11-20(25)26)21(27)24-22-23-19(13-29-22)15-5-9-18(28-2)10-6-15/h3-10,13,16H,11-12H2,1-2H3,(H,23,24,27). The van der Waals surface area contributed by atoms with Gasteiger partial charge >= 0.3 is 0 Å². The molecule has 1 atom stereocenters. The van der Waals surface area contributed by atoms with E-state index in [-0.39, 0.29) is 18.2 Å². The zero-order valence-corrected chi connectivity index (χ0v) is 17.0. The van der Waals surface area contributed by atoms with Gasteiger partial charge in [0.05, 0.1) is 18.7 Å². The fourth-order valence-electron chi connectivity index (χ4n) is 3.29. The molecule has 0 radical (unpaired) electrons. The third-order valence-corrected chi connectivity index (χ3v) is 5.72. The summed E-state index contributed by atoms with van der Waals surface area (Å²) >= 11 is 1.37. The molecule has 1 unspecified atom stereocenters. The van der Waals surface area contributed by atoms with Crippen LogP contribution in [0.1, 0.15) is 12.0 Å². The summed E-state index contributed by atoms with van der Waals surface area (Å²) in [7, 11) is 1.62. The molecule has 1 aliphatic heterocycles. The smallest absolute Gasteiger partial charge is 0.231 e. The molecule has 6 nitrogen and oxygen atoms in total. The Morgan fingerprint density at radius 2 is 1.90 bits per heavy atom. The van der Waals surface area contributed by atoms with Gasteiger partial charge in [-0.3, -0.25) is 9.59 Å². The summed E-state index contributed by atoms with van der Waals surface area (Å²) < 4.78 is 5.17. The number of rotatable bonds is 5. The number of nitrogens with zero attached hydrogens (tertiary/aromatic N) is 2. The largest absolute Gasteiger partial charge is 0.497 e. The Bertz CT molecular complexity index is 1030. The van der Waals surface area contributed by atoms with Crippen LogP contribution in [0.25, 0.3) is 11.3 Å². The molecule has 1 saturated heterocycles. The predicted octanol–water partition coefficient (Wildman–Crippen LogP) is 4.12. The molecule has 4 rings (SSSR count). The molecular weight excluding hydrogens is 386 g/mol. The average molecular weight is 407 g/mol. The molecule has 0 aliphatic carbocycles. The Morgan fingerprint density at radius 3 is 2.59 bits per heavy atom. The number of hydrogen-bond acceptors (Lipinski definition) is 5. The Kier molecular flexibility index (Phi) is 5.31. The van der Waals surface area contributed by atoms with E-state index in [1.165, 1.54) is 11.3 Å². The quantitative estimate of drug-likeness (QED) is 0.691. The highest BCUT2D eigenvalue weighted by Gasteiger charge is 2.35. The molecule has 2 aromatic carbocycles. The SMILES string of the molecule is COc1ccc(-c2csc(NC(=O)C3CC(=O)N(c4ccc(C)cc4)C3)n2)cc1. The summed E-state index contributed by atoms with van der Waals surface area (Å²) in [4.78, 5) is 31.2. The van der Waals surface area contributed by atoms with E-state index in [0.717, 1.165) is 28.3 Å². The van der Waals surface area contributed by atoms with Crippen LogP contribution in [0.4, 0.5) is 10.8 Å². The average Bonchev–Trinajstić information content (AvgIpc) is 3.35. The minimum absolute atomic E-state index is 0.0351. The molecule has 3 aromatic rings. The van der Waals surface area contributed by atoms with E-state index in [2.05, 4.69) is 10.3 Å². The number of hydrogen-bond donors (Lipinski definition) is 1. The molecule has 0 bridgehead atoms. The van der Waals surface area contributed by atoms with Crippen LogP contribution in [0.15, 0.2) is 53.9 Å². The molecule has 1 N–H and O–H groups in total. The molecule has 7 heteroatoms. The molecule has 1 aliphatic rings. The number of carbonyl (C=O) groups excluding carboxylic acids is 2. The van der Waals surface area contributed by atoms with Crippen LogP contribution in [-0.4, -0.2) is 30.5 Å². The van der Waals surface area contributed by atoms with Crippen molar-refractivity contribution in [3.63, 3.8) is 0 Å². The maximum absolute atomic E-state index is 12.7. The Morgan fingerprint density at radius 1 is 1.17 bits per heavy atom. The van der Waals surface area contributed by atoms with Gasteiger partial charge < -0.3 is 15.0 Å². The first-order valence-electron chi connectivity index (χ1n) is 9.31. The molecule has 148 valence electrons. The minimum atomic E-state index is -0.392. The molecular formula is C22H21N3O3S. The first kappa shape index (κ1) is 19.1. The van der Waals surface area contributed by atoms with Crippen LogP contribution in [0.2, 0.25) is 0 Å². The molecule has 2 heterocycles. The first-order chi connectivity index (χ1) is 14.0. The van der Waals surface area contributed by atoms with Crippen molar-refractivity contribution in [2.75, 3.05) is 23.9 Å². The molecule has 0 saturated carbocycles. The van der Waals surface area contributed by atoms with Crippen molar-refractivity contribution in [3.8, 4) is 17.0 Å². The van der Waals surface area contributed by atoms with Crippen LogP contribution >= 0.6 is 11.3 Å². The lowest BCUT2D eigenvalue weighted by atomic mass is 10.1. The Labute approximate surface area is 173 Å². The number of benzene rings is 2. The monoisotopic (exact) mass is 407 g/mol. The van der Waals surface area contributed by atoms with Crippen molar-refractivity contribution < 1.29 is 14.3 Å². The van der Waals surface area contributed by atoms with E-state index < -0.39 is 5.92 Å². The lowest BCUT2D eigenvalue weighted by molar-refractivity contribution is -0.122. The van der Waals surface area contributed by atoms with Crippen molar-refractivity contribution >= 4 is 34.0 Å². The van der Waals surface area contributed by atoms with Gasteiger partial charge in [-0.2, -0.15) is 0 Å². The van der Waals surface area contributed by atoms with Gasteiger partial charge in [-0.15, -0.1) is 11.3 Å². The van der Waals surface area contributed by atoms with Gasteiger partial charge in [0.25, 0.3) is 0 Å². The highest BCUT2D eigenvalue weighted by molar-refractivity contribution is 7.14. The van der Waals surface area contributed by atoms with Crippen molar-refractivity contribution in [1.82, 2.24) is 4.98 Å². The van der Waals surface area contributed by atoms with Gasteiger partial charge in [0.1, 0.15) is 5.75 Å². The third kappa shape index (κ3) is 4.14. The summed E-state index contributed by atoms with van der Waals surface area (Å²) in [6, 6.07) is 15.3. The zero-order valence-electron chi connectivity index (χ0n) is 16.2. The fourth-order valence-corrected chi connectivity index (χ4v) is 4.01. The second kappa shape index (κ2) is 8.05. The van der Waals surface area contributed by atoms with E-state index in [9.17, 15) is 9.59 Å². The molecule has 1 fully saturated rings. The highest BCUT2D eigenvalue weighted by Crippen LogP contribution is 2.29. The number of anilines is 2.